The maximum absolute atomic E-state index is 14.1. The summed E-state index contributed by atoms with van der Waals surface area (Å²) < 4.78 is 59.3. The second kappa shape index (κ2) is 11.0. The number of carbonyl (C=O) groups is 1. The van der Waals surface area contributed by atoms with Crippen molar-refractivity contribution in [2.24, 2.45) is 4.99 Å². The number of carboxylic acid groups (broad SMARTS) is 1. The molecule has 0 unspecified atom stereocenters. The highest BCUT2D eigenvalue weighted by Crippen LogP contribution is 2.48. The highest BCUT2D eigenvalue weighted by Gasteiger charge is 2.45. The number of ether oxygens (including phenoxy) is 3. The van der Waals surface area contributed by atoms with Gasteiger partial charge < -0.3 is 19.3 Å². The number of benzene rings is 2. The van der Waals surface area contributed by atoms with Gasteiger partial charge in [-0.15, -0.1) is 0 Å². The Balaban J connectivity index is 0.000000840. The molecule has 2 aliphatic heterocycles. The number of aliphatic imine (C=N–C) groups is 1. The van der Waals surface area contributed by atoms with E-state index in [4.69, 9.17) is 47.3 Å². The largest absolute Gasteiger partial charge is 0.493 e. The lowest BCUT2D eigenvalue weighted by molar-refractivity contribution is -0.134. The van der Waals surface area contributed by atoms with Crippen LogP contribution in [0.1, 0.15) is 31.1 Å². The van der Waals surface area contributed by atoms with Gasteiger partial charge in [-0.05, 0) is 36.8 Å². The number of hydrogen-bond donors (Lipinski definition) is 1. The third-order valence-electron chi connectivity index (χ3n) is 5.30. The summed E-state index contributed by atoms with van der Waals surface area (Å²) in [6.07, 6.45) is -5.42. The fourth-order valence-corrected chi connectivity index (χ4v) is 4.41. The number of nitrogens with zero attached hydrogens (tertiary/aromatic N) is 2. The maximum atomic E-state index is 14.1. The van der Waals surface area contributed by atoms with Crippen LogP contribution in [0.5, 0.6) is 11.5 Å². The molecule has 2 aromatic carbocycles. The van der Waals surface area contributed by atoms with Gasteiger partial charge in [0.1, 0.15) is 24.2 Å². The second-order valence-corrected chi connectivity index (χ2v) is 8.71. The standard InChI is InChI=1S/C22H19Cl2F3N2O3.C2H4O2/c1-11-9-28-18-10-32-19(15-7-13(24)8-17(30-2)20(15)31-3)14-6-12(23)4-5-16(14)29(18)21(11)22(25,26)27;1-2(3)4/h4-8,19H,9-10H2,1-3H3;1H3,(H,3,4)/t19-;/m0./s1. The second-order valence-electron chi connectivity index (χ2n) is 7.84. The summed E-state index contributed by atoms with van der Waals surface area (Å²) in [5, 5.41) is 8.12. The Hall–Kier alpha value is -2.95. The van der Waals surface area contributed by atoms with Gasteiger partial charge in [0.2, 0.25) is 0 Å². The Morgan fingerprint density at radius 1 is 1.14 bits per heavy atom. The average Bonchev–Trinajstić information content (AvgIpc) is 2.93. The van der Waals surface area contributed by atoms with E-state index < -0.39 is 23.9 Å². The molecule has 194 valence electrons. The molecule has 36 heavy (non-hydrogen) atoms. The molecule has 1 N–H and O–H groups in total. The lowest BCUT2D eigenvalue weighted by Crippen LogP contribution is -2.42. The van der Waals surface area contributed by atoms with E-state index in [1.54, 1.807) is 18.2 Å². The highest BCUT2D eigenvalue weighted by molar-refractivity contribution is 6.31. The first-order valence-electron chi connectivity index (χ1n) is 10.5. The number of fused-ring (bicyclic) bond motifs is 3. The van der Waals surface area contributed by atoms with E-state index in [1.807, 2.05) is 0 Å². The van der Waals surface area contributed by atoms with Gasteiger partial charge >= 0.3 is 6.18 Å². The van der Waals surface area contributed by atoms with Crippen molar-refractivity contribution in [3.8, 4) is 11.5 Å². The number of anilines is 1. The van der Waals surface area contributed by atoms with Crippen LogP contribution < -0.4 is 14.4 Å². The molecule has 7 nitrogen and oxygen atoms in total. The maximum Gasteiger partial charge on any atom is 0.431 e. The predicted octanol–water partition coefficient (Wildman–Crippen LogP) is 6.28. The normalized spacial score (nSPS) is 17.2. The van der Waals surface area contributed by atoms with Crippen LogP contribution in [0.3, 0.4) is 0 Å². The van der Waals surface area contributed by atoms with Gasteiger partial charge in [0.25, 0.3) is 5.97 Å². The van der Waals surface area contributed by atoms with Crippen LogP contribution in [-0.2, 0) is 9.53 Å². The molecule has 0 radical (unpaired) electrons. The van der Waals surface area contributed by atoms with E-state index in [0.29, 0.717) is 32.7 Å². The minimum atomic E-state index is -4.58. The number of methoxy groups -OCH3 is 2. The number of rotatable bonds is 3. The summed E-state index contributed by atoms with van der Waals surface area (Å²) in [6, 6.07) is 7.87. The zero-order chi connectivity index (χ0) is 26.8. The summed E-state index contributed by atoms with van der Waals surface area (Å²) in [7, 11) is 2.93. The van der Waals surface area contributed by atoms with Crippen molar-refractivity contribution in [2.45, 2.75) is 26.1 Å². The predicted molar refractivity (Wildman–Crippen MR) is 131 cm³/mol. The third-order valence-corrected chi connectivity index (χ3v) is 5.75. The zero-order valence-electron chi connectivity index (χ0n) is 19.7. The van der Waals surface area contributed by atoms with Gasteiger partial charge in [0.15, 0.2) is 11.5 Å². The quantitative estimate of drug-likeness (QED) is 0.488. The molecule has 0 bridgehead atoms. The SMILES string of the molecule is CC(=O)O.COc1cc(Cl)cc([C@H]2OCC3=NCC(C)=C(C(F)(F)F)N3c3ccc(Cl)cc32)c1OC. The molecule has 12 heteroatoms. The monoisotopic (exact) mass is 546 g/mol. The van der Waals surface area contributed by atoms with Gasteiger partial charge in [-0.2, -0.15) is 13.2 Å². The van der Waals surface area contributed by atoms with Crippen LogP contribution in [0.2, 0.25) is 10.0 Å². The van der Waals surface area contributed by atoms with Crippen LogP contribution in [0.4, 0.5) is 18.9 Å². The van der Waals surface area contributed by atoms with Gasteiger partial charge in [-0.25, -0.2) is 0 Å². The number of aliphatic carboxylic acids is 1. The number of carboxylic acids is 1. The molecule has 0 saturated heterocycles. The van der Waals surface area contributed by atoms with Crippen LogP contribution in [0.15, 0.2) is 46.6 Å². The molecule has 0 saturated carbocycles. The van der Waals surface area contributed by atoms with Crippen LogP contribution in [-0.4, -0.2) is 50.5 Å². The highest BCUT2D eigenvalue weighted by atomic mass is 35.5. The summed E-state index contributed by atoms with van der Waals surface area (Å²) in [5.41, 5.74) is 0.522. The van der Waals surface area contributed by atoms with Crippen LogP contribution in [0, 0.1) is 0 Å². The first-order valence-corrected chi connectivity index (χ1v) is 11.3. The first kappa shape index (κ1) is 27.6. The molecule has 0 aliphatic carbocycles. The van der Waals surface area contributed by atoms with Crippen molar-refractivity contribution in [2.75, 3.05) is 32.3 Å². The fourth-order valence-electron chi connectivity index (χ4n) is 4.01. The Bertz CT molecular complexity index is 1230. The molecule has 2 heterocycles. The van der Waals surface area contributed by atoms with E-state index in [0.717, 1.165) is 11.8 Å². The minimum Gasteiger partial charge on any atom is -0.493 e. The van der Waals surface area contributed by atoms with E-state index in [2.05, 4.69) is 4.99 Å². The van der Waals surface area contributed by atoms with Crippen LogP contribution in [0.25, 0.3) is 0 Å². The average molecular weight is 547 g/mol. The zero-order valence-corrected chi connectivity index (χ0v) is 21.3. The lowest BCUT2D eigenvalue weighted by Gasteiger charge is -2.33. The summed E-state index contributed by atoms with van der Waals surface area (Å²) in [5.74, 6) is 0.0487. The topological polar surface area (TPSA) is 80.6 Å². The van der Waals surface area contributed by atoms with Crippen molar-refractivity contribution in [3.63, 3.8) is 0 Å². The number of amidine groups is 1. The fraction of sp³-hybridized carbons (Fsp3) is 0.333. The molecular formula is C24H23Cl2F3N2O5. The van der Waals surface area contributed by atoms with Crippen molar-refractivity contribution in [3.05, 3.63) is 62.8 Å². The molecule has 2 aliphatic rings. The number of halogens is 5. The summed E-state index contributed by atoms with van der Waals surface area (Å²) in [4.78, 5) is 14.5. The van der Waals surface area contributed by atoms with E-state index >= 15 is 0 Å². The summed E-state index contributed by atoms with van der Waals surface area (Å²) in [6.45, 7) is 2.28. The molecule has 0 fully saturated rings. The van der Waals surface area contributed by atoms with Gasteiger partial charge in [0, 0.05) is 34.2 Å². The van der Waals surface area contributed by atoms with Crippen molar-refractivity contribution in [1.82, 2.24) is 0 Å². The smallest absolute Gasteiger partial charge is 0.431 e. The first-order chi connectivity index (χ1) is 16.9. The molecule has 4 rings (SSSR count). The van der Waals surface area contributed by atoms with E-state index in [9.17, 15) is 13.2 Å². The minimum absolute atomic E-state index is 0.0636. The molecule has 0 spiro atoms. The number of allylic oxidation sites excluding steroid dienone is 1. The van der Waals surface area contributed by atoms with Crippen LogP contribution >= 0.6 is 23.2 Å². The van der Waals surface area contributed by atoms with Crippen molar-refractivity contribution < 1.29 is 37.3 Å². The van der Waals surface area contributed by atoms with E-state index in [-0.39, 0.29) is 30.2 Å². The number of hydrogen-bond acceptors (Lipinski definition) is 6. The Labute approximate surface area is 215 Å². The van der Waals surface area contributed by atoms with Crippen molar-refractivity contribution in [1.29, 1.82) is 0 Å². The lowest BCUT2D eigenvalue weighted by atomic mass is 9.97. The third kappa shape index (κ3) is 5.71. The summed E-state index contributed by atoms with van der Waals surface area (Å²) >= 11 is 12.5. The van der Waals surface area contributed by atoms with Crippen molar-refractivity contribution >= 4 is 40.7 Å². The Morgan fingerprint density at radius 2 is 1.78 bits per heavy atom. The van der Waals surface area contributed by atoms with E-state index in [1.165, 1.54) is 33.3 Å². The molecule has 0 aromatic heterocycles. The molecular weight excluding hydrogens is 524 g/mol. The van der Waals surface area contributed by atoms with Gasteiger partial charge in [0.05, 0.1) is 26.5 Å². The molecule has 1 atom stereocenters. The Kier molecular flexibility index (Phi) is 8.43. The number of alkyl halides is 3. The molecule has 2 aromatic rings. The van der Waals surface area contributed by atoms with Gasteiger partial charge in [-0.1, -0.05) is 23.2 Å². The Morgan fingerprint density at radius 3 is 2.36 bits per heavy atom. The van der Waals surface area contributed by atoms with Gasteiger partial charge in [-0.3, -0.25) is 14.7 Å². The molecule has 0 amide bonds.